The Hall–Kier alpha value is -1.20. The van der Waals surface area contributed by atoms with Crippen molar-refractivity contribution in [2.24, 2.45) is 0 Å². The normalized spacial score (nSPS) is 10.7. The van der Waals surface area contributed by atoms with Gasteiger partial charge in [0.25, 0.3) is 5.69 Å². The summed E-state index contributed by atoms with van der Waals surface area (Å²) in [5.74, 6) is 0. The number of fused-ring (bicyclic) bond motifs is 1. The molecule has 0 saturated carbocycles. The number of halogens is 1. The predicted octanol–water partition coefficient (Wildman–Crippen LogP) is 3.17. The number of aromatic nitrogens is 1. The third-order valence-electron chi connectivity index (χ3n) is 1.79. The Morgan fingerprint density at radius 2 is 2.29 bits per heavy atom. The molecule has 1 aromatic heterocycles. The van der Waals surface area contributed by atoms with Crippen molar-refractivity contribution in [3.05, 3.63) is 32.3 Å². The van der Waals surface area contributed by atoms with Crippen LogP contribution in [0.3, 0.4) is 0 Å². The van der Waals surface area contributed by atoms with E-state index >= 15 is 0 Å². The molecule has 0 amide bonds. The number of nitro benzene ring substituents is 1. The van der Waals surface area contributed by atoms with E-state index in [4.69, 9.17) is 11.6 Å². The van der Waals surface area contributed by atoms with Crippen LogP contribution in [0.4, 0.5) is 5.69 Å². The summed E-state index contributed by atoms with van der Waals surface area (Å²) in [5.41, 5.74) is 1.23. The third-order valence-corrected chi connectivity index (χ3v) is 2.90. The van der Waals surface area contributed by atoms with Crippen molar-refractivity contribution in [2.45, 2.75) is 6.92 Å². The summed E-state index contributed by atoms with van der Waals surface area (Å²) in [6.45, 7) is 1.81. The highest BCUT2D eigenvalue weighted by molar-refractivity contribution is 7.22. The Morgan fingerprint density at radius 3 is 2.93 bits per heavy atom. The summed E-state index contributed by atoms with van der Waals surface area (Å²) in [5, 5.41) is 10.7. The van der Waals surface area contributed by atoms with E-state index in [-0.39, 0.29) is 5.69 Å². The second-order valence-electron chi connectivity index (χ2n) is 2.85. The Kier molecular flexibility index (Phi) is 2.13. The first-order valence-corrected chi connectivity index (χ1v) is 4.98. The molecule has 1 aromatic carbocycles. The summed E-state index contributed by atoms with van der Waals surface area (Å²) in [6, 6.07) is 3.34. The summed E-state index contributed by atoms with van der Waals surface area (Å²) in [4.78, 5) is 14.2. The summed E-state index contributed by atoms with van der Waals surface area (Å²) in [7, 11) is 0. The van der Waals surface area contributed by atoms with E-state index in [0.29, 0.717) is 9.98 Å². The van der Waals surface area contributed by atoms with Gasteiger partial charge >= 0.3 is 0 Å². The zero-order chi connectivity index (χ0) is 10.3. The fourth-order valence-electron chi connectivity index (χ4n) is 1.26. The lowest BCUT2D eigenvalue weighted by Gasteiger charge is -1.94. The third kappa shape index (κ3) is 1.44. The predicted molar refractivity (Wildman–Crippen MR) is 56.0 cm³/mol. The smallest absolute Gasteiger partial charge is 0.258 e. The summed E-state index contributed by atoms with van der Waals surface area (Å²) >= 11 is 6.94. The van der Waals surface area contributed by atoms with Gasteiger partial charge in [-0.1, -0.05) is 11.6 Å². The maximum absolute atomic E-state index is 10.7. The average Bonchev–Trinajstić information content (AvgIpc) is 2.42. The molecular formula is C8H5ClN2O2S. The number of nitro groups is 1. The van der Waals surface area contributed by atoms with Crippen molar-refractivity contribution in [1.82, 2.24) is 4.98 Å². The van der Waals surface area contributed by atoms with E-state index in [1.807, 2.05) is 6.07 Å². The summed E-state index contributed by atoms with van der Waals surface area (Å²) < 4.78 is 1.08. The van der Waals surface area contributed by atoms with Crippen molar-refractivity contribution in [3.63, 3.8) is 0 Å². The van der Waals surface area contributed by atoms with E-state index in [1.54, 1.807) is 6.92 Å². The van der Waals surface area contributed by atoms with Gasteiger partial charge in [0.1, 0.15) is 0 Å². The lowest BCUT2D eigenvalue weighted by atomic mass is 10.2. The van der Waals surface area contributed by atoms with Crippen LogP contribution in [-0.4, -0.2) is 9.91 Å². The topological polar surface area (TPSA) is 56.0 Å². The first-order chi connectivity index (χ1) is 6.58. The van der Waals surface area contributed by atoms with Crippen LogP contribution in [0, 0.1) is 17.0 Å². The molecule has 2 rings (SSSR count). The Bertz CT molecular complexity index is 523. The number of rotatable bonds is 1. The molecule has 0 aliphatic rings. The molecule has 0 unspecified atom stereocenters. The highest BCUT2D eigenvalue weighted by Crippen LogP contribution is 2.32. The van der Waals surface area contributed by atoms with Crippen molar-refractivity contribution in [3.8, 4) is 0 Å². The Labute approximate surface area is 88.3 Å². The Balaban J connectivity index is 2.85. The molecule has 0 aliphatic carbocycles. The molecule has 0 spiro atoms. The maximum Gasteiger partial charge on any atom is 0.296 e. The van der Waals surface area contributed by atoms with Crippen molar-refractivity contribution < 1.29 is 4.92 Å². The van der Waals surface area contributed by atoms with Gasteiger partial charge in [0.2, 0.25) is 0 Å². The van der Waals surface area contributed by atoms with Gasteiger partial charge in [-0.3, -0.25) is 10.1 Å². The zero-order valence-electron chi connectivity index (χ0n) is 7.15. The zero-order valence-corrected chi connectivity index (χ0v) is 8.72. The van der Waals surface area contributed by atoms with Crippen molar-refractivity contribution >= 4 is 38.8 Å². The number of hydrogen-bond acceptors (Lipinski definition) is 4. The van der Waals surface area contributed by atoms with Crippen LogP contribution < -0.4 is 0 Å². The molecule has 0 atom stereocenters. The molecule has 72 valence electrons. The summed E-state index contributed by atoms with van der Waals surface area (Å²) in [6.07, 6.45) is 0. The lowest BCUT2D eigenvalue weighted by molar-refractivity contribution is -0.383. The molecule has 6 heteroatoms. The van der Waals surface area contributed by atoms with Gasteiger partial charge in [-0.05, 0) is 18.6 Å². The van der Waals surface area contributed by atoms with E-state index in [0.717, 1.165) is 10.3 Å². The van der Waals surface area contributed by atoms with E-state index in [2.05, 4.69) is 4.98 Å². The van der Waals surface area contributed by atoms with Crippen LogP contribution in [0.15, 0.2) is 12.1 Å². The van der Waals surface area contributed by atoms with Crippen LogP contribution in [0.2, 0.25) is 4.47 Å². The van der Waals surface area contributed by atoms with Crippen molar-refractivity contribution in [2.75, 3.05) is 0 Å². The van der Waals surface area contributed by atoms with Gasteiger partial charge in [0, 0.05) is 6.07 Å². The molecule has 0 bridgehead atoms. The monoisotopic (exact) mass is 228 g/mol. The second kappa shape index (κ2) is 3.18. The molecule has 0 saturated heterocycles. The largest absolute Gasteiger partial charge is 0.296 e. The number of hydrogen-bond donors (Lipinski definition) is 0. The van der Waals surface area contributed by atoms with E-state index < -0.39 is 4.92 Å². The molecule has 0 aliphatic heterocycles. The van der Waals surface area contributed by atoms with Gasteiger partial charge in [-0.15, -0.1) is 11.3 Å². The standard InChI is InChI=1S/C8H5ClN2O2S/c1-4-2-5(11(12)13)7-6(3-4)14-8(9)10-7/h2-3H,1H3. The van der Waals surface area contributed by atoms with Crippen LogP contribution in [0.25, 0.3) is 10.2 Å². The molecule has 0 N–H and O–H groups in total. The highest BCUT2D eigenvalue weighted by Gasteiger charge is 2.16. The van der Waals surface area contributed by atoms with Gasteiger partial charge in [-0.2, -0.15) is 0 Å². The molecule has 0 radical (unpaired) electrons. The van der Waals surface area contributed by atoms with Gasteiger partial charge < -0.3 is 0 Å². The fourth-order valence-corrected chi connectivity index (χ4v) is 2.40. The van der Waals surface area contributed by atoms with E-state index in [1.165, 1.54) is 17.4 Å². The molecule has 0 fully saturated rings. The SMILES string of the molecule is Cc1cc([N+](=O)[O-])c2nc(Cl)sc2c1. The molecule has 1 heterocycles. The number of non-ortho nitro benzene ring substituents is 1. The minimum atomic E-state index is -0.439. The van der Waals surface area contributed by atoms with E-state index in [9.17, 15) is 10.1 Å². The Morgan fingerprint density at radius 1 is 1.57 bits per heavy atom. The minimum Gasteiger partial charge on any atom is -0.258 e. The van der Waals surface area contributed by atoms with Crippen molar-refractivity contribution in [1.29, 1.82) is 0 Å². The number of aryl methyl sites for hydroxylation is 1. The number of thiazole rings is 1. The quantitative estimate of drug-likeness (QED) is 0.556. The number of nitrogens with zero attached hydrogens (tertiary/aromatic N) is 2. The van der Waals surface area contributed by atoms with Crippen LogP contribution in [0.5, 0.6) is 0 Å². The number of benzene rings is 1. The lowest BCUT2D eigenvalue weighted by Crippen LogP contribution is -1.89. The van der Waals surface area contributed by atoms with Gasteiger partial charge in [0.05, 0.1) is 9.62 Å². The maximum atomic E-state index is 10.7. The van der Waals surface area contributed by atoms with Crippen LogP contribution >= 0.6 is 22.9 Å². The first kappa shape index (κ1) is 9.36. The van der Waals surface area contributed by atoms with Gasteiger partial charge in [0.15, 0.2) is 9.98 Å². The van der Waals surface area contributed by atoms with Crippen LogP contribution in [0.1, 0.15) is 5.56 Å². The first-order valence-electron chi connectivity index (χ1n) is 3.79. The van der Waals surface area contributed by atoms with Crippen LogP contribution in [-0.2, 0) is 0 Å². The molecular weight excluding hydrogens is 224 g/mol. The molecule has 2 aromatic rings. The molecule has 14 heavy (non-hydrogen) atoms. The highest BCUT2D eigenvalue weighted by atomic mass is 35.5. The average molecular weight is 229 g/mol. The fraction of sp³-hybridized carbons (Fsp3) is 0.125. The molecule has 4 nitrogen and oxygen atoms in total. The second-order valence-corrected chi connectivity index (χ2v) is 4.47. The van der Waals surface area contributed by atoms with Gasteiger partial charge in [-0.25, -0.2) is 4.98 Å². The minimum absolute atomic E-state index is 0.0168.